The van der Waals surface area contributed by atoms with Gasteiger partial charge in [0.05, 0.1) is 20.3 Å². The molecule has 0 saturated carbocycles. The summed E-state index contributed by atoms with van der Waals surface area (Å²) in [5.41, 5.74) is 2.38. The number of aryl methyl sites for hydroxylation is 2. The number of benzene rings is 1. The van der Waals surface area contributed by atoms with Crippen molar-refractivity contribution in [1.82, 2.24) is 24.9 Å². The van der Waals surface area contributed by atoms with Crippen LogP contribution in [0.25, 0.3) is 5.78 Å². The number of halogens is 3. The second-order valence-electron chi connectivity index (χ2n) is 7.30. The van der Waals surface area contributed by atoms with Gasteiger partial charge in [-0.3, -0.25) is 4.79 Å². The number of ether oxygens (including phenoxy) is 2. The second-order valence-corrected chi connectivity index (χ2v) is 7.30. The van der Waals surface area contributed by atoms with Crippen molar-refractivity contribution in [2.24, 2.45) is 0 Å². The van der Waals surface area contributed by atoms with Gasteiger partial charge in [0.25, 0.3) is 11.6 Å². The summed E-state index contributed by atoms with van der Waals surface area (Å²) in [6.07, 6.45) is -4.26. The Morgan fingerprint density at radius 3 is 2.53 bits per heavy atom. The first-order chi connectivity index (χ1) is 15.0. The number of carbonyl (C=O) groups is 1. The zero-order chi connectivity index (χ0) is 23.6. The van der Waals surface area contributed by atoms with Gasteiger partial charge < -0.3 is 14.8 Å². The average molecular weight is 451 g/mol. The first-order valence-corrected chi connectivity index (χ1v) is 9.86. The zero-order valence-corrected chi connectivity index (χ0v) is 18.4. The smallest absolute Gasteiger partial charge is 0.453 e. The van der Waals surface area contributed by atoms with E-state index in [0.29, 0.717) is 28.5 Å². The summed E-state index contributed by atoms with van der Waals surface area (Å²) < 4.78 is 50.5. The summed E-state index contributed by atoms with van der Waals surface area (Å²) in [5, 5.41) is 6.44. The van der Waals surface area contributed by atoms with Gasteiger partial charge in [0.2, 0.25) is 5.91 Å². The molecule has 2 heterocycles. The average Bonchev–Trinajstić information content (AvgIpc) is 3.17. The maximum absolute atomic E-state index is 12.9. The highest BCUT2D eigenvalue weighted by Crippen LogP contribution is 2.30. The van der Waals surface area contributed by atoms with E-state index in [1.807, 2.05) is 6.92 Å². The highest BCUT2D eigenvalue weighted by atomic mass is 19.4. The molecular weight excluding hydrogens is 427 g/mol. The van der Waals surface area contributed by atoms with Gasteiger partial charge in [-0.1, -0.05) is 0 Å². The lowest BCUT2D eigenvalue weighted by Gasteiger charge is -2.18. The highest BCUT2D eigenvalue weighted by molar-refractivity contribution is 5.77. The van der Waals surface area contributed by atoms with E-state index in [-0.39, 0.29) is 30.6 Å². The van der Waals surface area contributed by atoms with Crippen molar-refractivity contribution in [3.8, 4) is 11.5 Å². The van der Waals surface area contributed by atoms with Crippen LogP contribution in [-0.2, 0) is 17.4 Å². The molecule has 11 heteroatoms. The van der Waals surface area contributed by atoms with Gasteiger partial charge in [-0.05, 0) is 51.0 Å². The molecule has 1 N–H and O–H groups in total. The van der Waals surface area contributed by atoms with E-state index < -0.39 is 12.0 Å². The lowest BCUT2D eigenvalue weighted by Crippen LogP contribution is -2.27. The molecule has 1 amide bonds. The van der Waals surface area contributed by atoms with Crippen LogP contribution < -0.4 is 14.8 Å². The number of aromatic nitrogens is 4. The zero-order valence-electron chi connectivity index (χ0n) is 18.4. The number of rotatable bonds is 7. The topological polar surface area (TPSA) is 90.6 Å². The third kappa shape index (κ3) is 4.76. The maximum Gasteiger partial charge on any atom is 0.453 e. The van der Waals surface area contributed by atoms with E-state index >= 15 is 0 Å². The number of fused-ring (bicyclic) bond motifs is 1. The van der Waals surface area contributed by atoms with Gasteiger partial charge in [0, 0.05) is 23.4 Å². The molecule has 0 fully saturated rings. The van der Waals surface area contributed by atoms with E-state index in [0.717, 1.165) is 10.1 Å². The first kappa shape index (κ1) is 23.3. The standard InChI is InChI=1S/C21H24F3N5O3/c1-11-15(13(3)29-20(26-11)27-19(28-29)21(22,23)24)7-9-18(30)25-12(2)16-10-14(31-4)6-8-17(16)32-5/h6,8,10,12H,7,9H2,1-5H3,(H,25,30)/t12-/m0/s1. The predicted molar refractivity (Wildman–Crippen MR) is 110 cm³/mol. The van der Waals surface area contributed by atoms with Gasteiger partial charge in [0.1, 0.15) is 11.5 Å². The Hall–Kier alpha value is -3.37. The van der Waals surface area contributed by atoms with Crippen molar-refractivity contribution >= 4 is 11.7 Å². The molecule has 3 aromatic rings. The number of alkyl halides is 3. The Bertz CT molecular complexity index is 1140. The molecule has 8 nitrogen and oxygen atoms in total. The van der Waals surface area contributed by atoms with E-state index in [9.17, 15) is 18.0 Å². The molecule has 32 heavy (non-hydrogen) atoms. The summed E-state index contributed by atoms with van der Waals surface area (Å²) >= 11 is 0. The summed E-state index contributed by atoms with van der Waals surface area (Å²) in [5.74, 6) is -0.344. The number of hydrogen-bond donors (Lipinski definition) is 1. The number of nitrogens with zero attached hydrogens (tertiary/aromatic N) is 4. The van der Waals surface area contributed by atoms with Crippen LogP contribution in [0.4, 0.5) is 13.2 Å². The summed E-state index contributed by atoms with van der Waals surface area (Å²) in [6.45, 7) is 5.13. The van der Waals surface area contributed by atoms with Crippen LogP contribution in [0.15, 0.2) is 18.2 Å². The van der Waals surface area contributed by atoms with Crippen molar-refractivity contribution in [2.45, 2.75) is 45.8 Å². The number of nitrogens with one attached hydrogen (secondary N) is 1. The van der Waals surface area contributed by atoms with Crippen LogP contribution in [-0.4, -0.2) is 39.7 Å². The fourth-order valence-corrected chi connectivity index (χ4v) is 3.50. The van der Waals surface area contributed by atoms with Gasteiger partial charge >= 0.3 is 6.18 Å². The Morgan fingerprint density at radius 1 is 1.19 bits per heavy atom. The van der Waals surface area contributed by atoms with Crippen LogP contribution in [0.3, 0.4) is 0 Å². The normalized spacial score (nSPS) is 12.6. The largest absolute Gasteiger partial charge is 0.497 e. The molecule has 0 unspecified atom stereocenters. The SMILES string of the molecule is COc1ccc(OC)c([C@H](C)NC(=O)CCc2c(C)nc3nc(C(F)(F)F)nn3c2C)c1. The first-order valence-electron chi connectivity index (χ1n) is 9.86. The van der Waals surface area contributed by atoms with Gasteiger partial charge in [-0.2, -0.15) is 18.2 Å². The second kappa shape index (κ2) is 9.01. The van der Waals surface area contributed by atoms with E-state index in [1.54, 1.807) is 46.3 Å². The van der Waals surface area contributed by atoms with Crippen molar-refractivity contribution in [3.05, 3.63) is 46.5 Å². The Kier molecular flexibility index (Phi) is 6.56. The van der Waals surface area contributed by atoms with Gasteiger partial charge in [-0.15, -0.1) is 5.10 Å². The predicted octanol–water partition coefficient (Wildman–Crippen LogP) is 3.59. The molecule has 1 atom stereocenters. The summed E-state index contributed by atoms with van der Waals surface area (Å²) in [7, 11) is 3.10. The highest BCUT2D eigenvalue weighted by Gasteiger charge is 2.37. The van der Waals surface area contributed by atoms with Crippen LogP contribution >= 0.6 is 0 Å². The van der Waals surface area contributed by atoms with E-state index in [4.69, 9.17) is 9.47 Å². The molecule has 2 aromatic heterocycles. The Labute approximate surface area is 182 Å². The lowest BCUT2D eigenvalue weighted by molar-refractivity contribution is -0.144. The fraction of sp³-hybridized carbons (Fsp3) is 0.429. The quantitative estimate of drug-likeness (QED) is 0.591. The maximum atomic E-state index is 12.9. The van der Waals surface area contributed by atoms with Crippen molar-refractivity contribution in [2.75, 3.05) is 14.2 Å². The third-order valence-electron chi connectivity index (χ3n) is 5.19. The molecular formula is C21H24F3N5O3. The van der Waals surface area contributed by atoms with Crippen molar-refractivity contribution in [3.63, 3.8) is 0 Å². The minimum atomic E-state index is -4.66. The molecule has 0 bridgehead atoms. The lowest BCUT2D eigenvalue weighted by atomic mass is 10.0. The minimum absolute atomic E-state index is 0.117. The van der Waals surface area contributed by atoms with Gasteiger partial charge in [0.15, 0.2) is 0 Å². The molecule has 3 rings (SSSR count). The molecule has 0 saturated heterocycles. The summed E-state index contributed by atoms with van der Waals surface area (Å²) in [6, 6.07) is 4.97. The molecule has 0 spiro atoms. The van der Waals surface area contributed by atoms with Crippen LogP contribution in [0.5, 0.6) is 11.5 Å². The van der Waals surface area contributed by atoms with Crippen LogP contribution in [0.1, 0.15) is 47.7 Å². The molecule has 0 aliphatic heterocycles. The molecule has 172 valence electrons. The van der Waals surface area contributed by atoms with E-state index in [1.165, 1.54) is 0 Å². The molecule has 0 aliphatic carbocycles. The van der Waals surface area contributed by atoms with Crippen LogP contribution in [0, 0.1) is 13.8 Å². The molecule has 0 radical (unpaired) electrons. The van der Waals surface area contributed by atoms with Crippen molar-refractivity contribution < 1.29 is 27.4 Å². The number of carbonyl (C=O) groups excluding carboxylic acids is 1. The fourth-order valence-electron chi connectivity index (χ4n) is 3.50. The van der Waals surface area contributed by atoms with Gasteiger partial charge in [-0.25, -0.2) is 9.50 Å². The minimum Gasteiger partial charge on any atom is -0.497 e. The Balaban J connectivity index is 1.75. The number of hydrogen-bond acceptors (Lipinski definition) is 6. The third-order valence-corrected chi connectivity index (χ3v) is 5.19. The van der Waals surface area contributed by atoms with Crippen LogP contribution in [0.2, 0.25) is 0 Å². The summed E-state index contributed by atoms with van der Waals surface area (Å²) in [4.78, 5) is 20.2. The number of methoxy groups -OCH3 is 2. The molecule has 1 aromatic carbocycles. The number of amides is 1. The Morgan fingerprint density at radius 2 is 1.91 bits per heavy atom. The van der Waals surface area contributed by atoms with Crippen molar-refractivity contribution in [1.29, 1.82) is 0 Å². The monoisotopic (exact) mass is 451 g/mol. The van der Waals surface area contributed by atoms with E-state index in [2.05, 4.69) is 20.4 Å². The molecule has 0 aliphatic rings.